The SMILES string of the molecule is Nc1ccc(OCCN2CCCC2)c(F)c1.O=[N+]([O-])c1ccc(OCCN2CCCC2)c(F)c1. The first-order chi connectivity index (χ1) is 16.4. The van der Waals surface area contributed by atoms with E-state index >= 15 is 0 Å². The molecule has 2 fully saturated rings. The summed E-state index contributed by atoms with van der Waals surface area (Å²) in [6.07, 6.45) is 4.92. The molecule has 34 heavy (non-hydrogen) atoms. The van der Waals surface area contributed by atoms with E-state index in [1.165, 1.54) is 43.9 Å². The lowest BCUT2D eigenvalue weighted by Gasteiger charge is -2.15. The number of halogens is 2. The average Bonchev–Trinajstić information content (AvgIpc) is 3.51. The van der Waals surface area contributed by atoms with Crippen LogP contribution >= 0.6 is 0 Å². The fourth-order valence-corrected chi connectivity index (χ4v) is 3.94. The minimum atomic E-state index is -0.689. The lowest BCUT2D eigenvalue weighted by atomic mass is 10.3. The summed E-state index contributed by atoms with van der Waals surface area (Å²) in [4.78, 5) is 14.4. The van der Waals surface area contributed by atoms with Gasteiger partial charge in [-0.25, -0.2) is 8.78 Å². The van der Waals surface area contributed by atoms with Crippen molar-refractivity contribution in [2.45, 2.75) is 25.7 Å². The van der Waals surface area contributed by atoms with Gasteiger partial charge in [-0.15, -0.1) is 0 Å². The van der Waals surface area contributed by atoms with Gasteiger partial charge in [0.15, 0.2) is 23.1 Å². The lowest BCUT2D eigenvalue weighted by Crippen LogP contribution is -2.25. The van der Waals surface area contributed by atoms with Crippen molar-refractivity contribution in [3.8, 4) is 11.5 Å². The van der Waals surface area contributed by atoms with E-state index in [4.69, 9.17) is 15.2 Å². The number of nitrogens with two attached hydrogens (primary N) is 1. The average molecular weight is 479 g/mol. The van der Waals surface area contributed by atoms with Crippen LogP contribution < -0.4 is 15.2 Å². The van der Waals surface area contributed by atoms with Crippen LogP contribution in [0.25, 0.3) is 0 Å². The summed E-state index contributed by atoms with van der Waals surface area (Å²) in [5.41, 5.74) is 5.61. The molecular formula is C24H32F2N4O4. The zero-order valence-electron chi connectivity index (χ0n) is 19.3. The van der Waals surface area contributed by atoms with Crippen molar-refractivity contribution in [2.75, 3.05) is 58.2 Å². The molecule has 0 saturated carbocycles. The van der Waals surface area contributed by atoms with Crippen molar-refractivity contribution in [1.82, 2.24) is 9.80 Å². The third-order valence-electron chi connectivity index (χ3n) is 5.81. The molecule has 2 aliphatic heterocycles. The molecule has 0 amide bonds. The number of ether oxygens (including phenoxy) is 2. The minimum Gasteiger partial charge on any atom is -0.489 e. The van der Waals surface area contributed by atoms with Crippen LogP contribution in [-0.2, 0) is 0 Å². The van der Waals surface area contributed by atoms with Gasteiger partial charge in [-0.2, -0.15) is 0 Å². The normalized spacial score (nSPS) is 16.2. The molecule has 2 aromatic carbocycles. The van der Waals surface area contributed by atoms with Gasteiger partial charge in [0.25, 0.3) is 5.69 Å². The van der Waals surface area contributed by atoms with Gasteiger partial charge in [0.1, 0.15) is 13.2 Å². The summed E-state index contributed by atoms with van der Waals surface area (Å²) in [5.74, 6) is -0.722. The highest BCUT2D eigenvalue weighted by molar-refractivity contribution is 5.42. The number of rotatable bonds is 9. The highest BCUT2D eigenvalue weighted by atomic mass is 19.1. The number of nitro benzene ring substituents is 1. The smallest absolute Gasteiger partial charge is 0.272 e. The summed E-state index contributed by atoms with van der Waals surface area (Å²) in [6, 6.07) is 7.94. The Hall–Kier alpha value is -2.98. The number of hydrogen-bond acceptors (Lipinski definition) is 7. The highest BCUT2D eigenvalue weighted by Crippen LogP contribution is 2.22. The molecule has 0 bridgehead atoms. The maximum atomic E-state index is 13.5. The molecule has 2 N–H and O–H groups in total. The molecule has 2 aliphatic rings. The molecule has 8 nitrogen and oxygen atoms in total. The Labute approximate surface area is 198 Å². The molecule has 0 radical (unpaired) electrons. The summed E-state index contributed by atoms with van der Waals surface area (Å²) in [6.45, 7) is 6.94. The van der Waals surface area contributed by atoms with Crippen molar-refractivity contribution < 1.29 is 23.2 Å². The van der Waals surface area contributed by atoms with E-state index in [-0.39, 0.29) is 23.0 Å². The first-order valence-electron chi connectivity index (χ1n) is 11.6. The van der Waals surface area contributed by atoms with E-state index in [0.717, 1.165) is 45.3 Å². The first kappa shape index (κ1) is 25.6. The Kier molecular flexibility index (Phi) is 9.84. The van der Waals surface area contributed by atoms with Crippen LogP contribution in [0.3, 0.4) is 0 Å². The van der Waals surface area contributed by atoms with Gasteiger partial charge in [0.2, 0.25) is 0 Å². The first-order valence-corrected chi connectivity index (χ1v) is 11.6. The Balaban J connectivity index is 0.000000192. The molecule has 186 valence electrons. The van der Waals surface area contributed by atoms with E-state index in [2.05, 4.69) is 9.80 Å². The quantitative estimate of drug-likeness (QED) is 0.330. The van der Waals surface area contributed by atoms with Crippen LogP contribution in [0.1, 0.15) is 25.7 Å². The predicted molar refractivity (Wildman–Crippen MR) is 126 cm³/mol. The van der Waals surface area contributed by atoms with Gasteiger partial charge in [-0.05, 0) is 70.1 Å². The van der Waals surface area contributed by atoms with Crippen LogP contribution in [0.15, 0.2) is 36.4 Å². The zero-order valence-corrected chi connectivity index (χ0v) is 19.3. The topological polar surface area (TPSA) is 94.1 Å². The number of nitrogens with zero attached hydrogens (tertiary/aromatic N) is 3. The van der Waals surface area contributed by atoms with E-state index in [0.29, 0.717) is 18.9 Å². The number of nitro groups is 1. The second-order valence-electron chi connectivity index (χ2n) is 8.36. The highest BCUT2D eigenvalue weighted by Gasteiger charge is 2.14. The number of benzene rings is 2. The van der Waals surface area contributed by atoms with Crippen molar-refractivity contribution >= 4 is 11.4 Å². The van der Waals surface area contributed by atoms with Gasteiger partial charge in [0, 0.05) is 30.9 Å². The number of anilines is 1. The molecular weight excluding hydrogens is 446 g/mol. The third kappa shape index (κ3) is 8.11. The summed E-state index contributed by atoms with van der Waals surface area (Å²) in [7, 11) is 0. The Morgan fingerprint density at radius 3 is 1.74 bits per heavy atom. The molecule has 2 saturated heterocycles. The van der Waals surface area contributed by atoms with E-state index < -0.39 is 10.7 Å². The summed E-state index contributed by atoms with van der Waals surface area (Å²) >= 11 is 0. The number of non-ortho nitro benzene ring substituents is 1. The third-order valence-corrected chi connectivity index (χ3v) is 5.81. The Morgan fingerprint density at radius 1 is 0.824 bits per heavy atom. The van der Waals surface area contributed by atoms with E-state index in [9.17, 15) is 18.9 Å². The van der Waals surface area contributed by atoms with Crippen LogP contribution in [-0.4, -0.2) is 67.2 Å². The lowest BCUT2D eigenvalue weighted by molar-refractivity contribution is -0.385. The standard InChI is InChI=1S/C12H15FN2O3.C12H17FN2O/c13-11-9-10(15(16)17)3-4-12(11)18-8-7-14-5-1-2-6-14;13-11-9-10(14)3-4-12(11)16-8-7-15-5-1-2-6-15/h3-4,9H,1-2,5-8H2;3-4,9H,1-2,5-8,14H2. The monoisotopic (exact) mass is 478 g/mol. The van der Waals surface area contributed by atoms with Crippen molar-refractivity contribution in [3.63, 3.8) is 0 Å². The Bertz CT molecular complexity index is 935. The van der Waals surface area contributed by atoms with Gasteiger partial charge >= 0.3 is 0 Å². The van der Waals surface area contributed by atoms with E-state index in [1.807, 2.05) is 0 Å². The summed E-state index contributed by atoms with van der Waals surface area (Å²) in [5, 5.41) is 10.4. The van der Waals surface area contributed by atoms with E-state index in [1.54, 1.807) is 12.1 Å². The van der Waals surface area contributed by atoms with Crippen LogP contribution in [0.4, 0.5) is 20.2 Å². The molecule has 0 unspecified atom stereocenters. The molecule has 2 aromatic rings. The van der Waals surface area contributed by atoms with Crippen LogP contribution in [0.5, 0.6) is 11.5 Å². The summed E-state index contributed by atoms with van der Waals surface area (Å²) < 4.78 is 37.5. The van der Waals surface area contributed by atoms with Crippen LogP contribution in [0, 0.1) is 21.7 Å². The predicted octanol–water partition coefficient (Wildman–Crippen LogP) is 4.09. The van der Waals surface area contributed by atoms with Gasteiger partial charge in [-0.3, -0.25) is 19.9 Å². The molecule has 0 spiro atoms. The second kappa shape index (κ2) is 13.0. The largest absolute Gasteiger partial charge is 0.489 e. The maximum absolute atomic E-state index is 13.5. The molecule has 0 aliphatic carbocycles. The molecule has 2 heterocycles. The maximum Gasteiger partial charge on any atom is 0.272 e. The fourth-order valence-electron chi connectivity index (χ4n) is 3.94. The molecule has 0 atom stereocenters. The molecule has 4 rings (SSSR count). The Morgan fingerprint density at radius 2 is 1.29 bits per heavy atom. The molecule has 10 heteroatoms. The van der Waals surface area contributed by atoms with Crippen molar-refractivity contribution in [1.29, 1.82) is 0 Å². The number of hydrogen-bond donors (Lipinski definition) is 1. The van der Waals surface area contributed by atoms with Gasteiger partial charge in [-0.1, -0.05) is 0 Å². The molecule has 0 aromatic heterocycles. The minimum absolute atomic E-state index is 0.0693. The second-order valence-corrected chi connectivity index (χ2v) is 8.36. The van der Waals surface area contributed by atoms with Gasteiger partial charge < -0.3 is 15.2 Å². The number of likely N-dealkylation sites (tertiary alicyclic amines) is 2. The van der Waals surface area contributed by atoms with Crippen LogP contribution in [0.2, 0.25) is 0 Å². The van der Waals surface area contributed by atoms with Crippen molar-refractivity contribution in [2.24, 2.45) is 0 Å². The zero-order chi connectivity index (χ0) is 24.3. The number of nitrogen functional groups attached to an aromatic ring is 1. The van der Waals surface area contributed by atoms with Gasteiger partial charge in [0.05, 0.1) is 11.0 Å². The van der Waals surface area contributed by atoms with Crippen molar-refractivity contribution in [3.05, 3.63) is 58.1 Å². The fraction of sp³-hybridized carbons (Fsp3) is 0.500.